The number of allylic oxidation sites excluding steroid dienone is 2. The highest BCUT2D eigenvalue weighted by atomic mass is 16.1. The van der Waals surface area contributed by atoms with Crippen LogP contribution in [0.25, 0.3) is 10.9 Å². The Hall–Kier alpha value is -1.90. The van der Waals surface area contributed by atoms with Crippen LogP contribution in [-0.4, -0.2) is 15.6 Å². The molecule has 2 rings (SSSR count). The van der Waals surface area contributed by atoms with E-state index in [-0.39, 0.29) is 5.78 Å². The van der Waals surface area contributed by atoms with Crippen molar-refractivity contribution in [2.24, 2.45) is 0 Å². The summed E-state index contributed by atoms with van der Waals surface area (Å²) in [6, 6.07) is 8.09. The predicted octanol–water partition coefficient (Wildman–Crippen LogP) is 3.52. The highest BCUT2D eigenvalue weighted by Crippen LogP contribution is 2.20. The van der Waals surface area contributed by atoms with Crippen LogP contribution in [0.3, 0.4) is 0 Å². The fraction of sp³-hybridized carbons (Fsp3) is 0.375. The normalized spacial score (nSPS) is 12.1. The van der Waals surface area contributed by atoms with Crippen LogP contribution < -0.4 is 0 Å². The van der Waals surface area contributed by atoms with Crippen molar-refractivity contribution in [3.05, 3.63) is 41.6 Å². The molecule has 0 atom stereocenters. The van der Waals surface area contributed by atoms with Crippen molar-refractivity contribution in [3.8, 4) is 0 Å². The minimum Gasteiger partial charge on any atom is -0.294 e. The van der Waals surface area contributed by atoms with Crippen molar-refractivity contribution in [1.82, 2.24) is 9.78 Å². The Labute approximate surface area is 113 Å². The third-order valence-corrected chi connectivity index (χ3v) is 3.45. The molecular formula is C16H20N2O. The molecule has 1 heterocycles. The minimum atomic E-state index is 0.177. The molecule has 0 saturated heterocycles. The lowest BCUT2D eigenvalue weighted by atomic mass is 10.0. The number of para-hydroxylation sites is 1. The lowest BCUT2D eigenvalue weighted by Crippen LogP contribution is -2.07. The Balaban J connectivity index is 2.38. The van der Waals surface area contributed by atoms with Gasteiger partial charge in [0.25, 0.3) is 0 Å². The minimum absolute atomic E-state index is 0.177. The first-order valence-corrected chi connectivity index (χ1v) is 6.84. The molecule has 1 aromatic carbocycles. The highest BCUT2D eigenvalue weighted by molar-refractivity contribution is 5.98. The fourth-order valence-corrected chi connectivity index (χ4v) is 2.40. The summed E-state index contributed by atoms with van der Waals surface area (Å²) in [4.78, 5) is 12.2. The zero-order chi connectivity index (χ0) is 13.8. The summed E-state index contributed by atoms with van der Waals surface area (Å²) < 4.78 is 1.96. The molecule has 3 nitrogen and oxygen atoms in total. The molecule has 19 heavy (non-hydrogen) atoms. The maximum absolute atomic E-state index is 12.2. The van der Waals surface area contributed by atoms with Crippen molar-refractivity contribution in [1.29, 1.82) is 0 Å². The largest absolute Gasteiger partial charge is 0.294 e. The molecule has 0 N–H and O–H groups in total. The van der Waals surface area contributed by atoms with Gasteiger partial charge in [-0.1, -0.05) is 31.2 Å². The Morgan fingerprint density at radius 1 is 1.32 bits per heavy atom. The molecule has 1 aromatic heterocycles. The molecule has 0 bridgehead atoms. The molecule has 0 saturated carbocycles. The van der Waals surface area contributed by atoms with Gasteiger partial charge in [0.2, 0.25) is 0 Å². The number of ketones is 1. The Morgan fingerprint density at radius 3 is 2.68 bits per heavy atom. The van der Waals surface area contributed by atoms with Gasteiger partial charge in [0.05, 0.1) is 17.6 Å². The zero-order valence-electron chi connectivity index (χ0n) is 11.8. The van der Waals surface area contributed by atoms with Gasteiger partial charge in [-0.05, 0) is 31.9 Å². The molecule has 0 amide bonds. The summed E-state index contributed by atoms with van der Waals surface area (Å²) in [7, 11) is 0. The summed E-state index contributed by atoms with van der Waals surface area (Å²) in [6.45, 7) is 6.81. The second-order valence-corrected chi connectivity index (χ2v) is 4.55. The molecule has 0 aliphatic carbocycles. The van der Waals surface area contributed by atoms with Gasteiger partial charge in [-0.15, -0.1) is 0 Å². The maximum Gasteiger partial charge on any atom is 0.164 e. The second kappa shape index (κ2) is 5.83. The van der Waals surface area contributed by atoms with Gasteiger partial charge >= 0.3 is 0 Å². The first-order chi connectivity index (χ1) is 9.21. The standard InChI is InChI=1S/C16H20N2O/c1-4-12(5-2)16(19)11-14-13-9-7-8-10-15(13)18(6-3)17-14/h4,7-10H,5-6,11H2,1-3H3/b12-4-. The van der Waals surface area contributed by atoms with Crippen LogP contribution in [0.5, 0.6) is 0 Å². The number of benzene rings is 1. The van der Waals surface area contributed by atoms with Crippen molar-refractivity contribution in [2.45, 2.75) is 40.2 Å². The molecule has 0 aliphatic heterocycles. The number of nitrogens with zero attached hydrogens (tertiary/aromatic N) is 2. The van der Waals surface area contributed by atoms with Gasteiger partial charge in [0.15, 0.2) is 5.78 Å². The summed E-state index contributed by atoms with van der Waals surface area (Å²) in [5, 5.41) is 5.65. The summed E-state index contributed by atoms with van der Waals surface area (Å²) in [6.07, 6.45) is 3.07. The average Bonchev–Trinajstić information content (AvgIpc) is 2.78. The number of hydrogen-bond donors (Lipinski definition) is 0. The Kier molecular flexibility index (Phi) is 4.15. The third-order valence-electron chi connectivity index (χ3n) is 3.45. The van der Waals surface area contributed by atoms with E-state index in [1.165, 1.54) is 0 Å². The SMILES string of the molecule is C/C=C(/CC)C(=O)Cc1nn(CC)c2ccccc12. The van der Waals surface area contributed by atoms with Gasteiger partial charge in [-0.25, -0.2) is 0 Å². The van der Waals surface area contributed by atoms with Gasteiger partial charge in [0.1, 0.15) is 0 Å². The number of Topliss-reactive ketones (excluding diaryl/α,β-unsaturated/α-hetero) is 1. The smallest absolute Gasteiger partial charge is 0.164 e. The lowest BCUT2D eigenvalue weighted by Gasteiger charge is -2.01. The monoisotopic (exact) mass is 256 g/mol. The van der Waals surface area contributed by atoms with Crippen LogP contribution in [0.2, 0.25) is 0 Å². The van der Waals surface area contributed by atoms with E-state index in [2.05, 4.69) is 18.1 Å². The van der Waals surface area contributed by atoms with E-state index in [4.69, 9.17) is 0 Å². The molecule has 2 aromatic rings. The topological polar surface area (TPSA) is 34.9 Å². The number of aromatic nitrogens is 2. The van der Waals surface area contributed by atoms with E-state index in [0.717, 1.165) is 35.1 Å². The van der Waals surface area contributed by atoms with Gasteiger partial charge in [0, 0.05) is 11.9 Å². The van der Waals surface area contributed by atoms with Crippen molar-refractivity contribution in [3.63, 3.8) is 0 Å². The summed E-state index contributed by atoms with van der Waals surface area (Å²) >= 11 is 0. The number of carbonyl (C=O) groups is 1. The maximum atomic E-state index is 12.2. The number of aryl methyl sites for hydroxylation is 1. The van der Waals surface area contributed by atoms with Crippen LogP contribution in [-0.2, 0) is 17.8 Å². The fourth-order valence-electron chi connectivity index (χ4n) is 2.40. The molecule has 0 spiro atoms. The predicted molar refractivity (Wildman–Crippen MR) is 78.2 cm³/mol. The Morgan fingerprint density at radius 2 is 2.05 bits per heavy atom. The number of fused-ring (bicyclic) bond motifs is 1. The summed E-state index contributed by atoms with van der Waals surface area (Å²) in [5.41, 5.74) is 2.87. The van der Waals surface area contributed by atoms with Gasteiger partial charge in [-0.3, -0.25) is 9.48 Å². The average molecular weight is 256 g/mol. The quantitative estimate of drug-likeness (QED) is 0.767. The van der Waals surface area contributed by atoms with E-state index in [1.54, 1.807) is 0 Å². The molecule has 0 radical (unpaired) electrons. The second-order valence-electron chi connectivity index (χ2n) is 4.55. The van der Waals surface area contributed by atoms with Crippen molar-refractivity contribution >= 4 is 16.7 Å². The molecule has 100 valence electrons. The van der Waals surface area contributed by atoms with Crippen molar-refractivity contribution in [2.75, 3.05) is 0 Å². The summed E-state index contributed by atoms with van der Waals surface area (Å²) in [5.74, 6) is 0.177. The zero-order valence-corrected chi connectivity index (χ0v) is 11.8. The van der Waals surface area contributed by atoms with Crippen LogP contribution in [0.4, 0.5) is 0 Å². The molecule has 0 fully saturated rings. The number of carbonyl (C=O) groups excluding carboxylic acids is 1. The van der Waals surface area contributed by atoms with Crippen LogP contribution in [0, 0.1) is 0 Å². The van der Waals surface area contributed by atoms with E-state index >= 15 is 0 Å². The first-order valence-electron chi connectivity index (χ1n) is 6.84. The van der Waals surface area contributed by atoms with Crippen LogP contribution >= 0.6 is 0 Å². The van der Waals surface area contributed by atoms with Gasteiger partial charge < -0.3 is 0 Å². The molecule has 0 aliphatic rings. The van der Waals surface area contributed by atoms with E-state index < -0.39 is 0 Å². The van der Waals surface area contributed by atoms with E-state index in [1.807, 2.05) is 42.8 Å². The Bertz CT molecular complexity index is 623. The van der Waals surface area contributed by atoms with E-state index in [9.17, 15) is 4.79 Å². The van der Waals surface area contributed by atoms with Crippen LogP contribution in [0.15, 0.2) is 35.9 Å². The third kappa shape index (κ3) is 2.60. The van der Waals surface area contributed by atoms with Crippen molar-refractivity contribution < 1.29 is 4.79 Å². The lowest BCUT2D eigenvalue weighted by molar-refractivity contribution is -0.115. The van der Waals surface area contributed by atoms with Crippen LogP contribution in [0.1, 0.15) is 32.9 Å². The molecule has 3 heteroatoms. The molecular weight excluding hydrogens is 236 g/mol. The first kappa shape index (κ1) is 13.5. The molecule has 0 unspecified atom stereocenters. The van der Waals surface area contributed by atoms with E-state index in [0.29, 0.717) is 6.42 Å². The number of rotatable bonds is 5. The van der Waals surface area contributed by atoms with Gasteiger partial charge in [-0.2, -0.15) is 5.10 Å². The highest BCUT2D eigenvalue weighted by Gasteiger charge is 2.14. The number of hydrogen-bond acceptors (Lipinski definition) is 2.